The second-order valence-electron chi connectivity index (χ2n) is 7.15. The van der Waals surface area contributed by atoms with Gasteiger partial charge >= 0.3 is 5.69 Å². The molecule has 0 bridgehead atoms. The van der Waals surface area contributed by atoms with Gasteiger partial charge in [0.05, 0.1) is 6.61 Å². The number of H-pyrrole nitrogens is 2. The van der Waals surface area contributed by atoms with Crippen molar-refractivity contribution in [2.75, 3.05) is 12.3 Å². The van der Waals surface area contributed by atoms with Crippen LogP contribution in [0, 0.1) is 0 Å². The summed E-state index contributed by atoms with van der Waals surface area (Å²) in [7, 11) is 0. The Balaban J connectivity index is 1.63. The van der Waals surface area contributed by atoms with Crippen molar-refractivity contribution in [1.29, 1.82) is 0 Å². The number of ether oxygens (including phenoxy) is 1. The Labute approximate surface area is 162 Å². The zero-order valence-corrected chi connectivity index (χ0v) is 15.9. The van der Waals surface area contributed by atoms with Gasteiger partial charge in [-0.15, -0.1) is 0 Å². The Kier molecular flexibility index (Phi) is 6.18. The normalized spacial score (nSPS) is 18.8. The van der Waals surface area contributed by atoms with Crippen LogP contribution in [0.4, 0.5) is 5.69 Å². The minimum Gasteiger partial charge on any atom is -0.494 e. The van der Waals surface area contributed by atoms with Crippen LogP contribution in [0.25, 0.3) is 0 Å². The largest absolute Gasteiger partial charge is 0.494 e. The summed E-state index contributed by atoms with van der Waals surface area (Å²) < 4.78 is 5.78. The molecule has 0 aliphatic heterocycles. The molecule has 1 aromatic heterocycles. The highest BCUT2D eigenvalue weighted by Crippen LogP contribution is 2.35. The van der Waals surface area contributed by atoms with Crippen molar-refractivity contribution in [2.24, 2.45) is 0 Å². The average molecular weight is 386 g/mol. The summed E-state index contributed by atoms with van der Waals surface area (Å²) in [6.07, 6.45) is 4.63. The van der Waals surface area contributed by atoms with E-state index in [0.717, 1.165) is 37.9 Å². The number of hydrogen-bond acceptors (Lipinski definition) is 5. The van der Waals surface area contributed by atoms with Crippen LogP contribution in [0.15, 0.2) is 33.9 Å². The average Bonchev–Trinajstić information content (AvgIpc) is 3.13. The number of hydrogen-bond donors (Lipinski definition) is 4. The van der Waals surface area contributed by atoms with Gasteiger partial charge in [-0.2, -0.15) is 0 Å². The number of benzene rings is 1. The van der Waals surface area contributed by atoms with E-state index >= 15 is 0 Å². The van der Waals surface area contributed by atoms with Crippen molar-refractivity contribution in [3.05, 3.63) is 56.4 Å². The molecule has 0 radical (unpaired) electrons. The lowest BCUT2D eigenvalue weighted by Gasteiger charge is -2.15. The van der Waals surface area contributed by atoms with Crippen LogP contribution >= 0.6 is 0 Å². The quantitative estimate of drug-likeness (QED) is 0.540. The summed E-state index contributed by atoms with van der Waals surface area (Å²) in [5.74, 6) is 0.644. The molecular weight excluding hydrogens is 360 g/mol. The molecule has 1 amide bonds. The van der Waals surface area contributed by atoms with Gasteiger partial charge in [0.2, 0.25) is 0 Å². The summed E-state index contributed by atoms with van der Waals surface area (Å²) in [5.41, 5.74) is 4.81. The van der Waals surface area contributed by atoms with Crippen molar-refractivity contribution in [3.8, 4) is 5.75 Å². The van der Waals surface area contributed by atoms with Crippen LogP contribution in [0.1, 0.15) is 61.0 Å². The molecule has 3 rings (SSSR count). The zero-order valence-electron chi connectivity index (χ0n) is 15.9. The van der Waals surface area contributed by atoms with Gasteiger partial charge in [0, 0.05) is 6.04 Å². The predicted molar refractivity (Wildman–Crippen MR) is 107 cm³/mol. The van der Waals surface area contributed by atoms with Crippen LogP contribution in [0.3, 0.4) is 0 Å². The second-order valence-corrected chi connectivity index (χ2v) is 7.15. The molecule has 2 atom stereocenters. The number of unbranched alkanes of at least 4 members (excludes halogenated alkanes) is 1. The minimum atomic E-state index is -0.766. The molecule has 8 heteroatoms. The van der Waals surface area contributed by atoms with Crippen LogP contribution in [0.2, 0.25) is 0 Å². The van der Waals surface area contributed by atoms with Crippen LogP contribution in [-0.4, -0.2) is 28.5 Å². The Bertz CT molecular complexity index is 950. The van der Waals surface area contributed by atoms with Gasteiger partial charge in [-0.1, -0.05) is 25.5 Å². The first-order valence-electron chi connectivity index (χ1n) is 9.63. The molecule has 1 saturated carbocycles. The fourth-order valence-electron chi connectivity index (χ4n) is 3.54. The maximum Gasteiger partial charge on any atom is 0.326 e. The molecule has 28 heavy (non-hydrogen) atoms. The van der Waals surface area contributed by atoms with E-state index < -0.39 is 17.2 Å². The van der Waals surface area contributed by atoms with Crippen molar-refractivity contribution < 1.29 is 9.53 Å². The van der Waals surface area contributed by atoms with E-state index in [1.54, 1.807) is 0 Å². The maximum absolute atomic E-state index is 12.4. The van der Waals surface area contributed by atoms with Gasteiger partial charge in [0.25, 0.3) is 11.5 Å². The van der Waals surface area contributed by atoms with E-state index in [9.17, 15) is 14.4 Å². The summed E-state index contributed by atoms with van der Waals surface area (Å²) in [6, 6.07) is 8.04. The topological polar surface area (TPSA) is 130 Å². The molecule has 5 N–H and O–H groups in total. The van der Waals surface area contributed by atoms with Gasteiger partial charge < -0.3 is 20.8 Å². The number of amides is 1. The number of anilines is 1. The van der Waals surface area contributed by atoms with Gasteiger partial charge in [0.1, 0.15) is 17.1 Å². The van der Waals surface area contributed by atoms with E-state index in [-0.39, 0.29) is 17.4 Å². The van der Waals surface area contributed by atoms with Gasteiger partial charge in [-0.05, 0) is 49.3 Å². The number of rotatable bonds is 7. The number of aromatic nitrogens is 2. The van der Waals surface area contributed by atoms with E-state index in [1.807, 2.05) is 17.1 Å². The molecule has 0 saturated heterocycles. The smallest absolute Gasteiger partial charge is 0.326 e. The third-order valence-corrected chi connectivity index (χ3v) is 5.07. The van der Waals surface area contributed by atoms with Crippen LogP contribution in [0.5, 0.6) is 5.75 Å². The van der Waals surface area contributed by atoms with E-state index in [4.69, 9.17) is 10.5 Å². The fraction of sp³-hybridized carbons (Fsp3) is 0.450. The molecule has 0 spiro atoms. The molecule has 8 nitrogen and oxygen atoms in total. The van der Waals surface area contributed by atoms with E-state index in [1.165, 1.54) is 5.56 Å². The van der Waals surface area contributed by atoms with E-state index in [2.05, 4.69) is 29.4 Å². The van der Waals surface area contributed by atoms with E-state index in [0.29, 0.717) is 12.5 Å². The number of nitrogens with two attached hydrogens (primary N) is 1. The molecule has 1 aliphatic rings. The van der Waals surface area contributed by atoms with Crippen LogP contribution < -0.4 is 27.0 Å². The lowest BCUT2D eigenvalue weighted by Crippen LogP contribution is -2.37. The molecule has 1 aliphatic carbocycles. The summed E-state index contributed by atoms with van der Waals surface area (Å²) in [5, 5.41) is 2.87. The second kappa shape index (κ2) is 8.77. The Morgan fingerprint density at radius 1 is 1.29 bits per heavy atom. The Morgan fingerprint density at radius 3 is 2.89 bits per heavy atom. The molecule has 150 valence electrons. The van der Waals surface area contributed by atoms with Gasteiger partial charge in [-0.3, -0.25) is 14.6 Å². The summed E-state index contributed by atoms with van der Waals surface area (Å²) in [6.45, 7) is 2.83. The highest BCUT2D eigenvalue weighted by molar-refractivity contribution is 5.96. The first-order chi connectivity index (χ1) is 13.5. The highest BCUT2D eigenvalue weighted by atomic mass is 16.5. The summed E-state index contributed by atoms with van der Waals surface area (Å²) in [4.78, 5) is 39.7. The zero-order chi connectivity index (χ0) is 20.1. The molecule has 1 aromatic carbocycles. The highest BCUT2D eigenvalue weighted by Gasteiger charge is 2.28. The summed E-state index contributed by atoms with van der Waals surface area (Å²) >= 11 is 0. The lowest BCUT2D eigenvalue weighted by atomic mass is 9.97. The standard InChI is InChI=1S/C20H26N4O4/c1-2-3-9-28-15-6-4-5-12(11-15)13-7-8-14(10-13)22-19(26)17-16(21)18(25)24-20(27)23-17/h4-6,11,13-14H,2-3,7-10,21H2,1H3,(H,22,26)(H2,23,24,25,27). The van der Waals surface area contributed by atoms with Crippen molar-refractivity contribution in [3.63, 3.8) is 0 Å². The number of carbonyl (C=O) groups is 1. The maximum atomic E-state index is 12.4. The third-order valence-electron chi connectivity index (χ3n) is 5.07. The molecule has 2 unspecified atom stereocenters. The van der Waals surface area contributed by atoms with Gasteiger partial charge in [-0.25, -0.2) is 4.79 Å². The molecule has 2 aromatic rings. The van der Waals surface area contributed by atoms with Crippen LogP contribution in [-0.2, 0) is 0 Å². The lowest BCUT2D eigenvalue weighted by molar-refractivity contribution is 0.0933. The predicted octanol–water partition coefficient (Wildman–Crippen LogP) is 1.89. The molecular formula is C20H26N4O4. The molecule has 1 fully saturated rings. The monoisotopic (exact) mass is 386 g/mol. The van der Waals surface area contributed by atoms with Crippen molar-refractivity contribution in [2.45, 2.75) is 51.0 Å². The van der Waals surface area contributed by atoms with Crippen molar-refractivity contribution in [1.82, 2.24) is 15.3 Å². The number of carbonyl (C=O) groups excluding carboxylic acids is 1. The number of aromatic amines is 2. The minimum absolute atomic E-state index is 0.0515. The molecule has 1 heterocycles. The number of nitrogens with one attached hydrogen (secondary N) is 3. The van der Waals surface area contributed by atoms with Crippen molar-refractivity contribution >= 4 is 11.6 Å². The fourth-order valence-corrected chi connectivity index (χ4v) is 3.54. The first-order valence-corrected chi connectivity index (χ1v) is 9.63. The Hall–Kier alpha value is -3.03. The third kappa shape index (κ3) is 4.62. The van der Waals surface area contributed by atoms with Gasteiger partial charge in [0.15, 0.2) is 0 Å². The SMILES string of the molecule is CCCCOc1cccc(C2CCC(NC(=O)c3[nH]c(=O)[nH]c(=O)c3N)C2)c1. The first kappa shape index (κ1) is 19.7. The Morgan fingerprint density at radius 2 is 2.11 bits per heavy atom. The number of nitrogen functional groups attached to an aromatic ring is 1.